The van der Waals surface area contributed by atoms with Crippen LogP contribution < -0.4 is 14.8 Å². The molecule has 2 aromatic heterocycles. The number of anilines is 2. The minimum atomic E-state index is -0.607. The van der Waals surface area contributed by atoms with E-state index in [-0.39, 0.29) is 30.2 Å². The molecule has 24 heavy (non-hydrogen) atoms. The summed E-state index contributed by atoms with van der Waals surface area (Å²) in [5, 5.41) is 21.6. The lowest BCUT2D eigenvalue weighted by Gasteiger charge is -2.02. The van der Waals surface area contributed by atoms with Crippen molar-refractivity contribution < 1.29 is 18.8 Å². The molecule has 1 aliphatic rings. The number of imidazole rings is 1. The Kier molecular flexibility index (Phi) is 3.05. The molecule has 0 unspecified atom stereocenters. The van der Waals surface area contributed by atoms with Gasteiger partial charge in [0.05, 0.1) is 0 Å². The largest absolute Gasteiger partial charge is 0.454 e. The van der Waals surface area contributed by atoms with Crippen LogP contribution in [0.25, 0.3) is 11.6 Å². The summed E-state index contributed by atoms with van der Waals surface area (Å²) in [7, 11) is 1.60. The number of rotatable bonds is 4. The second-order valence-corrected chi connectivity index (χ2v) is 4.89. The summed E-state index contributed by atoms with van der Waals surface area (Å²) in [4.78, 5) is 14.1. The molecule has 11 heteroatoms. The number of ether oxygens (including phenoxy) is 2. The van der Waals surface area contributed by atoms with Gasteiger partial charge in [-0.3, -0.25) is 0 Å². The Bertz CT molecular complexity index is 933. The molecule has 0 amide bonds. The van der Waals surface area contributed by atoms with Crippen LogP contribution in [0.1, 0.15) is 0 Å². The molecule has 3 aromatic rings. The fourth-order valence-electron chi connectivity index (χ4n) is 2.27. The average Bonchev–Trinajstić information content (AvgIpc) is 3.25. The fourth-order valence-corrected chi connectivity index (χ4v) is 2.27. The van der Waals surface area contributed by atoms with Crippen LogP contribution >= 0.6 is 0 Å². The molecule has 1 aromatic carbocycles. The van der Waals surface area contributed by atoms with Gasteiger partial charge in [0.2, 0.25) is 18.8 Å². The Balaban J connectivity index is 1.62. The van der Waals surface area contributed by atoms with Crippen LogP contribution in [0.2, 0.25) is 0 Å². The standard InChI is InChI=1S/C13H10N6O5/c1-18-5-14-11(19(20)21)10(18)12-16-17-13(24-12)15-7-2-3-8-9(4-7)23-6-22-8/h2-5H,6H2,1H3,(H,15,17). The van der Waals surface area contributed by atoms with Crippen molar-refractivity contribution >= 4 is 17.5 Å². The first kappa shape index (κ1) is 14.0. The average molecular weight is 330 g/mol. The molecule has 0 spiro atoms. The van der Waals surface area contributed by atoms with Gasteiger partial charge in [-0.1, -0.05) is 5.10 Å². The third-order valence-corrected chi connectivity index (χ3v) is 3.34. The third kappa shape index (κ3) is 2.27. The first-order chi connectivity index (χ1) is 11.6. The summed E-state index contributed by atoms with van der Waals surface area (Å²) in [6, 6.07) is 5.30. The molecule has 0 bridgehead atoms. The predicted molar refractivity (Wildman–Crippen MR) is 79.0 cm³/mol. The van der Waals surface area contributed by atoms with E-state index < -0.39 is 4.92 Å². The van der Waals surface area contributed by atoms with Crippen LogP contribution in [-0.2, 0) is 7.05 Å². The molecule has 4 rings (SSSR count). The first-order valence-electron chi connectivity index (χ1n) is 6.78. The molecule has 3 heterocycles. The Morgan fingerprint density at radius 1 is 1.29 bits per heavy atom. The van der Waals surface area contributed by atoms with Crippen LogP contribution in [0, 0.1) is 10.1 Å². The van der Waals surface area contributed by atoms with E-state index in [1.165, 1.54) is 10.9 Å². The number of nitrogens with zero attached hydrogens (tertiary/aromatic N) is 5. The summed E-state index contributed by atoms with van der Waals surface area (Å²) >= 11 is 0. The van der Waals surface area contributed by atoms with Gasteiger partial charge in [0.25, 0.3) is 5.89 Å². The van der Waals surface area contributed by atoms with E-state index in [1.807, 2.05) is 0 Å². The molecule has 0 aliphatic carbocycles. The number of aromatic nitrogens is 4. The van der Waals surface area contributed by atoms with Crippen molar-refractivity contribution in [2.75, 3.05) is 12.1 Å². The van der Waals surface area contributed by atoms with Gasteiger partial charge >= 0.3 is 11.8 Å². The van der Waals surface area contributed by atoms with E-state index in [2.05, 4.69) is 20.5 Å². The normalized spacial score (nSPS) is 12.4. The van der Waals surface area contributed by atoms with Gasteiger partial charge < -0.3 is 33.9 Å². The number of aryl methyl sites for hydroxylation is 1. The highest BCUT2D eigenvalue weighted by Gasteiger charge is 2.26. The highest BCUT2D eigenvalue weighted by atomic mass is 16.7. The predicted octanol–water partition coefficient (Wildman–Crippen LogP) is 1.85. The van der Waals surface area contributed by atoms with Crippen molar-refractivity contribution in [1.29, 1.82) is 0 Å². The fraction of sp³-hybridized carbons (Fsp3) is 0.154. The van der Waals surface area contributed by atoms with E-state index in [9.17, 15) is 10.1 Å². The molecule has 0 radical (unpaired) electrons. The van der Waals surface area contributed by atoms with Gasteiger partial charge in [-0.15, -0.1) is 5.10 Å². The molecular weight excluding hydrogens is 320 g/mol. The summed E-state index contributed by atoms with van der Waals surface area (Å²) in [6.45, 7) is 0.174. The number of hydrogen-bond acceptors (Lipinski definition) is 9. The molecule has 1 N–H and O–H groups in total. The van der Waals surface area contributed by atoms with Crippen molar-refractivity contribution in [3.8, 4) is 23.1 Å². The first-order valence-corrected chi connectivity index (χ1v) is 6.78. The molecule has 0 saturated carbocycles. The number of fused-ring (bicyclic) bond motifs is 1. The van der Waals surface area contributed by atoms with E-state index >= 15 is 0 Å². The Morgan fingerprint density at radius 3 is 2.96 bits per heavy atom. The lowest BCUT2D eigenvalue weighted by atomic mass is 10.3. The number of nitro groups is 1. The van der Waals surface area contributed by atoms with Crippen molar-refractivity contribution in [1.82, 2.24) is 19.7 Å². The Morgan fingerprint density at radius 2 is 2.12 bits per heavy atom. The minimum absolute atomic E-state index is 0.00931. The second kappa shape index (κ2) is 5.22. The molecule has 0 atom stereocenters. The zero-order valence-corrected chi connectivity index (χ0v) is 12.3. The molecule has 11 nitrogen and oxygen atoms in total. The number of hydrogen-bond donors (Lipinski definition) is 1. The van der Waals surface area contributed by atoms with Crippen molar-refractivity contribution in [2.24, 2.45) is 7.05 Å². The Labute approximate surface area is 134 Å². The number of benzene rings is 1. The lowest BCUT2D eigenvalue weighted by molar-refractivity contribution is -0.388. The molecular formula is C13H10N6O5. The highest BCUT2D eigenvalue weighted by Crippen LogP contribution is 2.35. The van der Waals surface area contributed by atoms with Gasteiger partial charge in [0.15, 0.2) is 11.5 Å². The molecule has 0 fully saturated rings. The minimum Gasteiger partial charge on any atom is -0.454 e. The van der Waals surface area contributed by atoms with Gasteiger partial charge in [0, 0.05) is 18.8 Å². The highest BCUT2D eigenvalue weighted by molar-refractivity contribution is 5.62. The maximum Gasteiger partial charge on any atom is 0.394 e. The van der Waals surface area contributed by atoms with E-state index in [4.69, 9.17) is 13.9 Å². The summed E-state index contributed by atoms with van der Waals surface area (Å²) in [5.41, 5.74) is 0.778. The topological polar surface area (TPSA) is 130 Å². The lowest BCUT2D eigenvalue weighted by Crippen LogP contribution is -1.95. The van der Waals surface area contributed by atoms with Gasteiger partial charge in [-0.05, 0) is 22.0 Å². The van der Waals surface area contributed by atoms with E-state index in [0.29, 0.717) is 17.2 Å². The maximum atomic E-state index is 11.0. The monoisotopic (exact) mass is 330 g/mol. The van der Waals surface area contributed by atoms with Crippen LogP contribution in [0.5, 0.6) is 11.5 Å². The SMILES string of the molecule is Cn1cnc([N+](=O)[O-])c1-c1nnc(Nc2ccc3c(c2)OCO3)o1. The van der Waals surface area contributed by atoms with Gasteiger partial charge in [-0.2, -0.15) is 0 Å². The van der Waals surface area contributed by atoms with Crippen LogP contribution in [-0.4, -0.2) is 31.5 Å². The summed E-state index contributed by atoms with van der Waals surface area (Å²) in [6.07, 6.45) is 1.31. The molecule has 1 aliphatic heterocycles. The van der Waals surface area contributed by atoms with Crippen molar-refractivity contribution in [2.45, 2.75) is 0 Å². The zero-order chi connectivity index (χ0) is 16.7. The van der Waals surface area contributed by atoms with Crippen molar-refractivity contribution in [3.63, 3.8) is 0 Å². The van der Waals surface area contributed by atoms with Crippen LogP contribution in [0.15, 0.2) is 28.9 Å². The van der Waals surface area contributed by atoms with Crippen molar-refractivity contribution in [3.05, 3.63) is 34.6 Å². The second-order valence-electron chi connectivity index (χ2n) is 4.89. The molecule has 122 valence electrons. The van der Waals surface area contributed by atoms with Crippen LogP contribution in [0.4, 0.5) is 17.5 Å². The summed E-state index contributed by atoms with van der Waals surface area (Å²) in [5.74, 6) is 0.889. The van der Waals surface area contributed by atoms with Gasteiger partial charge in [-0.25, -0.2) is 0 Å². The third-order valence-electron chi connectivity index (χ3n) is 3.34. The summed E-state index contributed by atoms with van der Waals surface area (Å²) < 4.78 is 17.4. The number of nitrogens with one attached hydrogen (secondary N) is 1. The van der Waals surface area contributed by atoms with Gasteiger partial charge in [0.1, 0.15) is 0 Å². The Hall–Kier alpha value is -3.63. The van der Waals surface area contributed by atoms with E-state index in [0.717, 1.165) is 0 Å². The van der Waals surface area contributed by atoms with E-state index in [1.54, 1.807) is 25.2 Å². The maximum absolute atomic E-state index is 11.0. The smallest absolute Gasteiger partial charge is 0.394 e. The zero-order valence-electron chi connectivity index (χ0n) is 12.3. The quantitative estimate of drug-likeness (QED) is 0.562. The molecule has 0 saturated heterocycles. The van der Waals surface area contributed by atoms with Crippen LogP contribution in [0.3, 0.4) is 0 Å².